The van der Waals surface area contributed by atoms with E-state index in [0.29, 0.717) is 27.4 Å². The van der Waals surface area contributed by atoms with Crippen molar-refractivity contribution in [2.24, 2.45) is 0 Å². The van der Waals surface area contributed by atoms with Crippen LogP contribution in [0, 0.1) is 0 Å². The summed E-state index contributed by atoms with van der Waals surface area (Å²) in [5.41, 5.74) is 1.40. The fourth-order valence-corrected chi connectivity index (χ4v) is 3.22. The molecule has 1 heterocycles. The number of hydrogen-bond acceptors (Lipinski definition) is 4. The Balaban J connectivity index is 1.84. The molecule has 3 aromatic rings. The lowest BCUT2D eigenvalue weighted by Crippen LogP contribution is -2.15. The van der Waals surface area contributed by atoms with E-state index < -0.39 is 10.0 Å². The van der Waals surface area contributed by atoms with E-state index in [1.807, 2.05) is 6.07 Å². The van der Waals surface area contributed by atoms with Crippen LogP contribution in [0.15, 0.2) is 53.1 Å². The van der Waals surface area contributed by atoms with Crippen molar-refractivity contribution in [1.82, 2.24) is 5.16 Å². The lowest BCUT2D eigenvalue weighted by molar-refractivity contribution is 0.448. The van der Waals surface area contributed by atoms with Crippen LogP contribution in [0.5, 0.6) is 0 Å². The lowest BCUT2D eigenvalue weighted by atomic mass is 10.2. The molecule has 21 heavy (non-hydrogen) atoms. The van der Waals surface area contributed by atoms with E-state index in [2.05, 4.69) is 9.88 Å². The summed E-state index contributed by atoms with van der Waals surface area (Å²) in [7, 11) is -3.58. The predicted molar refractivity (Wildman–Crippen MR) is 81.7 cm³/mol. The molecular weight excluding hydrogens is 312 g/mol. The van der Waals surface area contributed by atoms with E-state index in [4.69, 9.17) is 16.1 Å². The molecule has 0 radical (unpaired) electrons. The molecule has 0 aliphatic heterocycles. The Morgan fingerprint density at radius 1 is 1.10 bits per heavy atom. The first-order chi connectivity index (χ1) is 10.0. The fourth-order valence-electron chi connectivity index (χ4n) is 1.96. The van der Waals surface area contributed by atoms with Crippen molar-refractivity contribution >= 4 is 38.3 Å². The minimum atomic E-state index is -3.58. The van der Waals surface area contributed by atoms with Crippen molar-refractivity contribution in [3.8, 4) is 0 Å². The van der Waals surface area contributed by atoms with Crippen LogP contribution in [0.4, 0.5) is 5.69 Å². The maximum absolute atomic E-state index is 12.2. The van der Waals surface area contributed by atoms with E-state index in [1.54, 1.807) is 42.5 Å². The average Bonchev–Trinajstić information content (AvgIpc) is 2.84. The summed E-state index contributed by atoms with van der Waals surface area (Å²) in [6.45, 7) is 0. The molecular formula is C14H11ClN2O3S. The highest BCUT2D eigenvalue weighted by Gasteiger charge is 2.17. The van der Waals surface area contributed by atoms with Gasteiger partial charge in [0.2, 0.25) is 10.0 Å². The van der Waals surface area contributed by atoms with Crippen LogP contribution in [-0.4, -0.2) is 13.6 Å². The highest BCUT2D eigenvalue weighted by Crippen LogP contribution is 2.21. The molecule has 0 bridgehead atoms. The molecule has 3 rings (SSSR count). The number of hydrogen-bond donors (Lipinski definition) is 1. The van der Waals surface area contributed by atoms with E-state index in [1.165, 1.54) is 0 Å². The maximum atomic E-state index is 12.2. The van der Waals surface area contributed by atoms with Crippen molar-refractivity contribution in [2.75, 3.05) is 4.72 Å². The van der Waals surface area contributed by atoms with Gasteiger partial charge in [0.25, 0.3) is 0 Å². The van der Waals surface area contributed by atoms with Gasteiger partial charge in [0.1, 0.15) is 11.4 Å². The molecule has 0 spiro atoms. The van der Waals surface area contributed by atoms with Gasteiger partial charge in [-0.1, -0.05) is 28.9 Å². The van der Waals surface area contributed by atoms with E-state index in [9.17, 15) is 8.42 Å². The molecule has 5 nitrogen and oxygen atoms in total. The predicted octanol–water partition coefficient (Wildman–Crippen LogP) is 3.42. The first-order valence-corrected chi connectivity index (χ1v) is 8.16. The van der Waals surface area contributed by atoms with Crippen molar-refractivity contribution < 1.29 is 12.9 Å². The normalized spacial score (nSPS) is 11.7. The summed E-state index contributed by atoms with van der Waals surface area (Å²) in [5.74, 6) is -0.257. The standard InChI is InChI=1S/C14H11ClN2O3S/c15-10-5-7-11(8-6-10)17-21(18,19)9-13-12-3-1-2-4-14(12)20-16-13/h1-8,17H,9H2. The molecule has 7 heteroatoms. The highest BCUT2D eigenvalue weighted by molar-refractivity contribution is 7.91. The number of nitrogens with one attached hydrogen (secondary N) is 1. The molecule has 0 unspecified atom stereocenters. The van der Waals surface area contributed by atoms with Gasteiger partial charge in [0, 0.05) is 16.1 Å². The third kappa shape index (κ3) is 3.17. The zero-order valence-corrected chi connectivity index (χ0v) is 12.4. The average molecular weight is 323 g/mol. The number of anilines is 1. The number of halogens is 1. The van der Waals surface area contributed by atoms with Crippen molar-refractivity contribution in [1.29, 1.82) is 0 Å². The van der Waals surface area contributed by atoms with Gasteiger partial charge in [-0.15, -0.1) is 0 Å². The van der Waals surface area contributed by atoms with Crippen LogP contribution in [0.1, 0.15) is 5.69 Å². The molecule has 1 N–H and O–H groups in total. The number of nitrogens with zero attached hydrogens (tertiary/aromatic N) is 1. The minimum absolute atomic E-state index is 0.257. The Labute approximate surface area is 126 Å². The summed E-state index contributed by atoms with van der Waals surface area (Å²) >= 11 is 5.76. The molecule has 2 aromatic carbocycles. The second kappa shape index (κ2) is 5.38. The topological polar surface area (TPSA) is 72.2 Å². The van der Waals surface area contributed by atoms with E-state index >= 15 is 0 Å². The van der Waals surface area contributed by atoms with Crippen molar-refractivity contribution in [3.05, 3.63) is 59.2 Å². The maximum Gasteiger partial charge on any atom is 0.238 e. The third-order valence-electron chi connectivity index (χ3n) is 2.90. The smallest absolute Gasteiger partial charge is 0.238 e. The highest BCUT2D eigenvalue weighted by atomic mass is 35.5. The van der Waals surface area contributed by atoms with Crippen LogP contribution in [0.3, 0.4) is 0 Å². The molecule has 0 aliphatic carbocycles. The second-order valence-electron chi connectivity index (χ2n) is 4.49. The van der Waals surface area contributed by atoms with Gasteiger partial charge in [-0.2, -0.15) is 0 Å². The SMILES string of the molecule is O=S(=O)(Cc1noc2ccccc12)Nc1ccc(Cl)cc1. The van der Waals surface area contributed by atoms with Gasteiger partial charge in [-0.25, -0.2) is 8.42 Å². The molecule has 0 amide bonds. The summed E-state index contributed by atoms with van der Waals surface area (Å²) in [6.07, 6.45) is 0. The zero-order valence-electron chi connectivity index (χ0n) is 10.8. The molecule has 0 aliphatic rings. The Morgan fingerprint density at radius 2 is 1.81 bits per heavy atom. The Kier molecular flexibility index (Phi) is 3.57. The van der Waals surface area contributed by atoms with Crippen LogP contribution >= 0.6 is 11.6 Å². The molecule has 0 saturated carbocycles. The molecule has 0 atom stereocenters. The van der Waals surface area contributed by atoms with Crippen LogP contribution in [-0.2, 0) is 15.8 Å². The number of rotatable bonds is 4. The van der Waals surface area contributed by atoms with E-state index in [-0.39, 0.29) is 5.75 Å². The number of fused-ring (bicyclic) bond motifs is 1. The summed E-state index contributed by atoms with van der Waals surface area (Å²) in [5, 5.41) is 5.06. The number of aromatic nitrogens is 1. The molecule has 0 fully saturated rings. The molecule has 0 saturated heterocycles. The summed E-state index contributed by atoms with van der Waals surface area (Å²) < 4.78 is 31.9. The minimum Gasteiger partial charge on any atom is -0.356 e. The van der Waals surface area contributed by atoms with Gasteiger partial charge in [-0.3, -0.25) is 4.72 Å². The number of sulfonamides is 1. The fraction of sp³-hybridized carbons (Fsp3) is 0.0714. The zero-order chi connectivity index (χ0) is 14.9. The van der Waals surface area contributed by atoms with Crippen LogP contribution < -0.4 is 4.72 Å². The third-order valence-corrected chi connectivity index (χ3v) is 4.35. The first-order valence-electron chi connectivity index (χ1n) is 6.13. The van der Waals surface area contributed by atoms with Gasteiger partial charge in [0.05, 0.1) is 0 Å². The van der Waals surface area contributed by atoms with Gasteiger partial charge < -0.3 is 4.52 Å². The van der Waals surface area contributed by atoms with Gasteiger partial charge in [0.15, 0.2) is 5.58 Å². The number of benzene rings is 2. The quantitative estimate of drug-likeness (QED) is 0.798. The van der Waals surface area contributed by atoms with Crippen LogP contribution in [0.25, 0.3) is 11.0 Å². The van der Waals surface area contributed by atoms with Gasteiger partial charge >= 0.3 is 0 Å². The van der Waals surface area contributed by atoms with Gasteiger partial charge in [-0.05, 0) is 36.4 Å². The number of para-hydroxylation sites is 1. The summed E-state index contributed by atoms with van der Waals surface area (Å²) in [6, 6.07) is 13.6. The van der Waals surface area contributed by atoms with Crippen molar-refractivity contribution in [3.63, 3.8) is 0 Å². The Morgan fingerprint density at radius 3 is 2.57 bits per heavy atom. The monoisotopic (exact) mass is 322 g/mol. The van der Waals surface area contributed by atoms with Crippen LogP contribution in [0.2, 0.25) is 5.02 Å². The summed E-state index contributed by atoms with van der Waals surface area (Å²) in [4.78, 5) is 0. The Hall–Kier alpha value is -2.05. The Bertz CT molecular complexity index is 873. The second-order valence-corrected chi connectivity index (χ2v) is 6.65. The first kappa shape index (κ1) is 13.9. The molecule has 1 aromatic heterocycles. The lowest BCUT2D eigenvalue weighted by Gasteiger charge is -2.06. The largest absolute Gasteiger partial charge is 0.356 e. The van der Waals surface area contributed by atoms with Crippen molar-refractivity contribution in [2.45, 2.75) is 5.75 Å². The van der Waals surface area contributed by atoms with E-state index in [0.717, 1.165) is 0 Å². The molecule has 108 valence electrons.